The Bertz CT molecular complexity index is 1440. The third-order valence-corrected chi connectivity index (χ3v) is 5.96. The largest absolute Gasteiger partial charge is 0.465 e. The number of anilines is 2. The van der Waals surface area contributed by atoms with E-state index in [2.05, 4.69) is 5.10 Å². The van der Waals surface area contributed by atoms with Gasteiger partial charge in [0.2, 0.25) is 0 Å². The van der Waals surface area contributed by atoms with Gasteiger partial charge in [-0.05, 0) is 77.8 Å². The van der Waals surface area contributed by atoms with Gasteiger partial charge in [0.05, 0.1) is 25.5 Å². The number of aromatic nitrogens is 3. The van der Waals surface area contributed by atoms with Crippen molar-refractivity contribution in [1.82, 2.24) is 19.5 Å². The van der Waals surface area contributed by atoms with Crippen LogP contribution in [-0.4, -0.2) is 89.3 Å². The number of rotatable bonds is 10. The highest BCUT2D eigenvalue weighted by Crippen LogP contribution is 2.28. The van der Waals surface area contributed by atoms with Crippen LogP contribution < -0.4 is 10.6 Å². The number of benzene rings is 1. The molecule has 2 aromatic heterocycles. The number of hydrogen-bond acceptors (Lipinski definition) is 10. The number of nitrogens with two attached hydrogens (primary N) is 1. The van der Waals surface area contributed by atoms with E-state index < -0.39 is 29.4 Å². The molecule has 0 aliphatic heterocycles. The quantitative estimate of drug-likeness (QED) is 0.196. The molecule has 0 saturated heterocycles. The molecule has 0 atom stereocenters. The summed E-state index contributed by atoms with van der Waals surface area (Å²) < 4.78 is 22.8. The highest BCUT2D eigenvalue weighted by Gasteiger charge is 2.27. The molecule has 0 radical (unpaired) electrons. The summed E-state index contributed by atoms with van der Waals surface area (Å²) in [4.78, 5) is 46.1. The number of carbonyl (C=O) groups is 3. The molecule has 3 rings (SSSR count). The molecule has 0 spiro atoms. The highest BCUT2D eigenvalue weighted by molar-refractivity contribution is 5.94. The predicted molar refractivity (Wildman–Crippen MR) is 162 cm³/mol. The van der Waals surface area contributed by atoms with Crippen molar-refractivity contribution < 1.29 is 33.3 Å². The maximum Gasteiger partial charge on any atom is 0.416 e. The summed E-state index contributed by atoms with van der Waals surface area (Å²) in [6.45, 7) is 11.9. The number of nitrogen functional groups attached to an aromatic ring is 1. The van der Waals surface area contributed by atoms with Crippen molar-refractivity contribution in [1.29, 1.82) is 0 Å². The van der Waals surface area contributed by atoms with Crippen LogP contribution in [-0.2, 0) is 18.9 Å². The molecule has 0 fully saturated rings. The van der Waals surface area contributed by atoms with Crippen molar-refractivity contribution in [3.8, 4) is 11.1 Å². The van der Waals surface area contributed by atoms with E-state index in [0.717, 1.165) is 0 Å². The average Bonchev–Trinajstić information content (AvgIpc) is 3.33. The van der Waals surface area contributed by atoms with Crippen molar-refractivity contribution in [2.45, 2.75) is 59.2 Å². The number of carbonyl (C=O) groups excluding carboxylic acids is 3. The molecule has 2 amide bonds. The molecule has 43 heavy (non-hydrogen) atoms. The molecule has 0 bridgehead atoms. The molecule has 0 aliphatic rings. The topological polar surface area (TPSA) is 151 Å². The number of ether oxygens (including phenoxy) is 4. The smallest absolute Gasteiger partial charge is 0.416 e. The van der Waals surface area contributed by atoms with Gasteiger partial charge in [-0.3, -0.25) is 4.90 Å². The van der Waals surface area contributed by atoms with Gasteiger partial charge in [0.15, 0.2) is 5.65 Å². The summed E-state index contributed by atoms with van der Waals surface area (Å²) in [5.41, 5.74) is 6.95. The fourth-order valence-electron chi connectivity index (χ4n) is 4.11. The van der Waals surface area contributed by atoms with Crippen LogP contribution in [0.25, 0.3) is 16.8 Å². The summed E-state index contributed by atoms with van der Waals surface area (Å²) >= 11 is 0. The summed E-state index contributed by atoms with van der Waals surface area (Å²) in [5, 5.41) is 4.38. The normalized spacial score (nSPS) is 11.7. The van der Waals surface area contributed by atoms with Gasteiger partial charge in [-0.15, -0.1) is 0 Å². The van der Waals surface area contributed by atoms with Crippen LogP contribution in [0, 0.1) is 0 Å². The van der Waals surface area contributed by atoms with E-state index in [9.17, 15) is 14.4 Å². The van der Waals surface area contributed by atoms with Crippen LogP contribution in [0.5, 0.6) is 0 Å². The Morgan fingerprint density at radius 2 is 1.60 bits per heavy atom. The van der Waals surface area contributed by atoms with E-state index in [1.165, 1.54) is 18.1 Å². The average molecular weight is 599 g/mol. The Labute approximate surface area is 251 Å². The van der Waals surface area contributed by atoms with E-state index in [4.69, 9.17) is 29.7 Å². The van der Waals surface area contributed by atoms with E-state index >= 15 is 0 Å². The molecule has 2 N–H and O–H groups in total. The first-order valence-electron chi connectivity index (χ1n) is 13.9. The van der Waals surface area contributed by atoms with Crippen LogP contribution in [0.1, 0.15) is 58.3 Å². The second kappa shape index (κ2) is 13.7. The van der Waals surface area contributed by atoms with Crippen LogP contribution in [0.15, 0.2) is 36.7 Å². The van der Waals surface area contributed by atoms with Crippen molar-refractivity contribution in [2.75, 3.05) is 51.1 Å². The van der Waals surface area contributed by atoms with Gasteiger partial charge in [0.25, 0.3) is 0 Å². The van der Waals surface area contributed by atoms with Gasteiger partial charge in [0.1, 0.15) is 17.0 Å². The van der Waals surface area contributed by atoms with Gasteiger partial charge in [-0.25, -0.2) is 23.9 Å². The summed E-state index contributed by atoms with van der Waals surface area (Å²) in [6.07, 6.45) is 2.62. The standard InChI is InChI=1S/C30H42N6O7/c1-29(2,3)42-27(38)34(14-15-40-7)11-9-12-35(28(39)43-30(4,5)6)24-10-13-36-25(33-24)23(19-32-36)20-16-21(26(37)41-8)18-22(31)17-20/h10,13,16-19H,9,11-12,14-15,31H2,1-8H3. The summed E-state index contributed by atoms with van der Waals surface area (Å²) in [7, 11) is 2.86. The van der Waals surface area contributed by atoms with Crippen molar-refractivity contribution >= 4 is 35.3 Å². The molecule has 234 valence electrons. The zero-order chi connectivity index (χ0) is 31.9. The Kier molecular flexibility index (Phi) is 10.6. The van der Waals surface area contributed by atoms with Crippen LogP contribution in [0.2, 0.25) is 0 Å². The van der Waals surface area contributed by atoms with E-state index in [1.807, 2.05) is 0 Å². The first-order valence-corrected chi connectivity index (χ1v) is 13.9. The molecule has 13 nitrogen and oxygen atoms in total. The van der Waals surface area contributed by atoms with E-state index in [1.54, 1.807) is 88.7 Å². The van der Waals surface area contributed by atoms with Gasteiger partial charge in [0, 0.05) is 44.2 Å². The lowest BCUT2D eigenvalue weighted by Crippen LogP contribution is -2.42. The van der Waals surface area contributed by atoms with E-state index in [0.29, 0.717) is 54.4 Å². The minimum absolute atomic E-state index is 0.193. The number of fused-ring (bicyclic) bond motifs is 1. The lowest BCUT2D eigenvalue weighted by atomic mass is 10.0. The minimum Gasteiger partial charge on any atom is -0.465 e. The molecular weight excluding hydrogens is 556 g/mol. The molecule has 1 aromatic carbocycles. The lowest BCUT2D eigenvalue weighted by molar-refractivity contribution is 0.0200. The fourth-order valence-corrected chi connectivity index (χ4v) is 4.11. The first kappa shape index (κ1) is 33.1. The van der Waals surface area contributed by atoms with Crippen molar-refractivity contribution in [2.24, 2.45) is 0 Å². The van der Waals surface area contributed by atoms with Gasteiger partial charge in [-0.2, -0.15) is 5.10 Å². The van der Waals surface area contributed by atoms with Gasteiger partial charge >= 0.3 is 18.2 Å². The Morgan fingerprint density at radius 3 is 2.23 bits per heavy atom. The maximum atomic E-state index is 13.4. The minimum atomic E-state index is -0.756. The second-order valence-corrected chi connectivity index (χ2v) is 11.9. The fraction of sp³-hybridized carbons (Fsp3) is 0.500. The molecule has 2 heterocycles. The van der Waals surface area contributed by atoms with Crippen LogP contribution in [0.4, 0.5) is 21.1 Å². The van der Waals surface area contributed by atoms with Gasteiger partial charge in [-0.1, -0.05) is 0 Å². The van der Waals surface area contributed by atoms with Crippen molar-refractivity contribution in [3.63, 3.8) is 0 Å². The zero-order valence-electron chi connectivity index (χ0n) is 26.2. The summed E-state index contributed by atoms with van der Waals surface area (Å²) in [5.74, 6) is -0.206. The number of esters is 1. The number of nitrogens with zero attached hydrogens (tertiary/aromatic N) is 5. The predicted octanol–water partition coefficient (Wildman–Crippen LogP) is 4.78. The molecule has 0 saturated carbocycles. The van der Waals surface area contributed by atoms with E-state index in [-0.39, 0.29) is 12.1 Å². The number of methoxy groups -OCH3 is 2. The first-order chi connectivity index (χ1) is 20.1. The SMILES string of the molecule is COCCN(CCCN(C(=O)OC(C)(C)C)c1ccn2ncc(-c3cc(N)cc(C(=O)OC)c3)c2n1)C(=O)OC(C)(C)C. The third kappa shape index (κ3) is 9.30. The lowest BCUT2D eigenvalue weighted by Gasteiger charge is -2.29. The van der Waals surface area contributed by atoms with Crippen LogP contribution in [0.3, 0.4) is 0 Å². The van der Waals surface area contributed by atoms with Gasteiger partial charge < -0.3 is 29.6 Å². The van der Waals surface area contributed by atoms with Crippen molar-refractivity contribution in [3.05, 3.63) is 42.2 Å². The highest BCUT2D eigenvalue weighted by atomic mass is 16.6. The second-order valence-electron chi connectivity index (χ2n) is 11.9. The van der Waals surface area contributed by atoms with Crippen LogP contribution >= 0.6 is 0 Å². The Balaban J connectivity index is 1.95. The Morgan fingerprint density at radius 1 is 0.930 bits per heavy atom. The number of hydrogen-bond donors (Lipinski definition) is 1. The molecule has 0 unspecified atom stereocenters. The number of amides is 2. The molecule has 13 heteroatoms. The Hall–Kier alpha value is -4.39. The molecule has 0 aliphatic carbocycles. The molecular formula is C30H42N6O7. The maximum absolute atomic E-state index is 13.4. The summed E-state index contributed by atoms with van der Waals surface area (Å²) in [6, 6.07) is 6.53. The molecule has 3 aromatic rings. The zero-order valence-corrected chi connectivity index (χ0v) is 26.2. The third-order valence-electron chi connectivity index (χ3n) is 5.96. The monoisotopic (exact) mass is 598 g/mol.